The molecule has 0 fully saturated rings. The van der Waals surface area contributed by atoms with Gasteiger partial charge in [0.2, 0.25) is 0 Å². The van der Waals surface area contributed by atoms with Crippen molar-refractivity contribution in [2.45, 2.75) is 6.61 Å². The van der Waals surface area contributed by atoms with Crippen molar-refractivity contribution in [1.82, 2.24) is 0 Å². The van der Waals surface area contributed by atoms with Crippen LogP contribution in [-0.2, 0) is 6.61 Å². The molecule has 0 spiro atoms. The Labute approximate surface area is 151 Å². The third-order valence-corrected chi connectivity index (χ3v) is 4.10. The summed E-state index contributed by atoms with van der Waals surface area (Å²) < 4.78 is 11.2. The molecule has 3 aromatic rings. The zero-order valence-electron chi connectivity index (χ0n) is 14.0. The van der Waals surface area contributed by atoms with Gasteiger partial charge in [-0.3, -0.25) is 9.69 Å². The molecule has 128 valence electrons. The van der Waals surface area contributed by atoms with Gasteiger partial charge in [-0.1, -0.05) is 42.5 Å². The first-order valence-corrected chi connectivity index (χ1v) is 8.34. The van der Waals surface area contributed by atoms with Crippen LogP contribution in [0.15, 0.2) is 91.3 Å². The number of carbonyl (C=O) groups is 1. The lowest BCUT2D eigenvalue weighted by atomic mass is 10.1. The Hall–Kier alpha value is -3.53. The molecule has 0 saturated heterocycles. The quantitative estimate of drug-likeness (QED) is 0.684. The number of anilines is 1. The third-order valence-electron chi connectivity index (χ3n) is 4.10. The van der Waals surface area contributed by atoms with E-state index in [4.69, 9.17) is 9.47 Å². The molecule has 0 N–H and O–H groups in total. The molecule has 4 rings (SSSR count). The Bertz CT molecular complexity index is 933. The maximum atomic E-state index is 12.8. The molecule has 1 aliphatic rings. The van der Waals surface area contributed by atoms with E-state index in [-0.39, 0.29) is 5.91 Å². The van der Waals surface area contributed by atoms with Crippen molar-refractivity contribution in [3.8, 4) is 11.5 Å². The van der Waals surface area contributed by atoms with Gasteiger partial charge >= 0.3 is 0 Å². The molecule has 0 bridgehead atoms. The fraction of sp³-hybridized carbons (Fsp3) is 0.0455. The zero-order valence-corrected chi connectivity index (χ0v) is 14.0. The molecular weight excluding hydrogens is 326 g/mol. The molecule has 4 nitrogen and oxygen atoms in total. The molecule has 1 heterocycles. The van der Waals surface area contributed by atoms with E-state index < -0.39 is 0 Å². The Morgan fingerprint density at radius 1 is 0.885 bits per heavy atom. The van der Waals surface area contributed by atoms with E-state index >= 15 is 0 Å². The van der Waals surface area contributed by atoms with E-state index in [1.54, 1.807) is 23.2 Å². The summed E-state index contributed by atoms with van der Waals surface area (Å²) in [5, 5.41) is 0. The van der Waals surface area contributed by atoms with Gasteiger partial charge in [0.15, 0.2) is 5.75 Å². The number of nitrogens with zero attached hydrogens (tertiary/aromatic N) is 1. The third kappa shape index (κ3) is 3.30. The normalized spacial score (nSPS) is 12.2. The van der Waals surface area contributed by atoms with Crippen LogP contribution < -0.4 is 14.4 Å². The van der Waals surface area contributed by atoms with Crippen LogP contribution in [0.2, 0.25) is 0 Å². The number of carbonyl (C=O) groups excluding carboxylic acids is 1. The van der Waals surface area contributed by atoms with Crippen molar-refractivity contribution < 1.29 is 14.3 Å². The number of hydrogen-bond acceptors (Lipinski definition) is 3. The van der Waals surface area contributed by atoms with Gasteiger partial charge in [0.25, 0.3) is 5.91 Å². The van der Waals surface area contributed by atoms with Gasteiger partial charge in [-0.25, -0.2) is 0 Å². The van der Waals surface area contributed by atoms with Crippen LogP contribution in [0.25, 0.3) is 0 Å². The topological polar surface area (TPSA) is 38.8 Å². The van der Waals surface area contributed by atoms with Crippen LogP contribution in [0.1, 0.15) is 15.9 Å². The van der Waals surface area contributed by atoms with Gasteiger partial charge in [-0.2, -0.15) is 0 Å². The number of hydrogen-bond donors (Lipinski definition) is 0. The summed E-state index contributed by atoms with van der Waals surface area (Å²) in [6.45, 7) is 0.494. The van der Waals surface area contributed by atoms with Crippen LogP contribution in [0.3, 0.4) is 0 Å². The number of fused-ring (bicyclic) bond motifs is 1. The van der Waals surface area contributed by atoms with Crippen LogP contribution in [0, 0.1) is 0 Å². The van der Waals surface area contributed by atoms with Crippen molar-refractivity contribution in [2.24, 2.45) is 0 Å². The highest BCUT2D eigenvalue weighted by Gasteiger charge is 2.21. The number of rotatable bonds is 4. The average Bonchev–Trinajstić information content (AvgIpc) is 2.72. The van der Waals surface area contributed by atoms with E-state index in [0.717, 1.165) is 17.0 Å². The van der Waals surface area contributed by atoms with E-state index in [0.29, 0.717) is 17.9 Å². The summed E-state index contributed by atoms with van der Waals surface area (Å²) in [5.41, 5.74) is 2.41. The molecule has 1 aliphatic heterocycles. The molecule has 4 heteroatoms. The highest BCUT2D eigenvalue weighted by Crippen LogP contribution is 2.32. The van der Waals surface area contributed by atoms with Gasteiger partial charge in [0, 0.05) is 11.8 Å². The Morgan fingerprint density at radius 3 is 2.42 bits per heavy atom. The Balaban J connectivity index is 1.47. The van der Waals surface area contributed by atoms with Crippen molar-refractivity contribution in [3.63, 3.8) is 0 Å². The summed E-state index contributed by atoms with van der Waals surface area (Å²) in [6, 6.07) is 24.6. The number of amides is 1. The standard InChI is InChI=1S/C22H17NO3/c24-22(23-14-15-25-21-9-5-4-8-20(21)23)18-10-12-19(13-11-18)26-16-17-6-2-1-3-7-17/h1-15H,16H2. The molecule has 0 saturated carbocycles. The van der Waals surface area contributed by atoms with Gasteiger partial charge in [-0.15, -0.1) is 0 Å². The lowest BCUT2D eigenvalue weighted by molar-refractivity contribution is 0.0995. The highest BCUT2D eigenvalue weighted by molar-refractivity contribution is 6.08. The van der Waals surface area contributed by atoms with Gasteiger partial charge in [0.1, 0.15) is 18.6 Å². The van der Waals surface area contributed by atoms with Crippen molar-refractivity contribution in [2.75, 3.05) is 4.90 Å². The van der Waals surface area contributed by atoms with E-state index in [2.05, 4.69) is 0 Å². The maximum absolute atomic E-state index is 12.8. The first kappa shape index (κ1) is 16.0. The monoisotopic (exact) mass is 343 g/mol. The van der Waals surface area contributed by atoms with Gasteiger partial charge < -0.3 is 9.47 Å². The number of para-hydroxylation sites is 2. The summed E-state index contributed by atoms with van der Waals surface area (Å²) in [5.74, 6) is 1.26. The molecule has 0 unspecified atom stereocenters. The minimum Gasteiger partial charge on any atom is -0.489 e. The molecule has 26 heavy (non-hydrogen) atoms. The minimum absolute atomic E-state index is 0.119. The summed E-state index contributed by atoms with van der Waals surface area (Å²) in [4.78, 5) is 14.4. The van der Waals surface area contributed by atoms with Crippen molar-refractivity contribution >= 4 is 11.6 Å². The van der Waals surface area contributed by atoms with Crippen LogP contribution in [0.4, 0.5) is 5.69 Å². The molecule has 0 atom stereocenters. The smallest absolute Gasteiger partial charge is 0.262 e. The first-order chi connectivity index (χ1) is 12.8. The molecule has 0 aromatic heterocycles. The Morgan fingerprint density at radius 2 is 1.62 bits per heavy atom. The van der Waals surface area contributed by atoms with Crippen LogP contribution in [-0.4, -0.2) is 5.91 Å². The lowest BCUT2D eigenvalue weighted by Gasteiger charge is -2.24. The highest BCUT2D eigenvalue weighted by atomic mass is 16.5. The largest absolute Gasteiger partial charge is 0.489 e. The predicted molar refractivity (Wildman–Crippen MR) is 100 cm³/mol. The fourth-order valence-corrected chi connectivity index (χ4v) is 2.75. The summed E-state index contributed by atoms with van der Waals surface area (Å²) in [7, 11) is 0. The molecule has 0 aliphatic carbocycles. The number of benzene rings is 3. The minimum atomic E-state index is -0.119. The summed E-state index contributed by atoms with van der Waals surface area (Å²) in [6.07, 6.45) is 3.14. The second kappa shape index (κ2) is 7.15. The molecule has 1 amide bonds. The average molecular weight is 343 g/mol. The second-order valence-electron chi connectivity index (χ2n) is 5.84. The van der Waals surface area contributed by atoms with E-state index in [1.807, 2.05) is 66.7 Å². The van der Waals surface area contributed by atoms with Crippen molar-refractivity contribution in [1.29, 1.82) is 0 Å². The molecule has 0 radical (unpaired) electrons. The van der Waals surface area contributed by atoms with Crippen molar-refractivity contribution in [3.05, 3.63) is 102 Å². The maximum Gasteiger partial charge on any atom is 0.262 e. The molecule has 3 aromatic carbocycles. The number of ether oxygens (including phenoxy) is 2. The molecular formula is C22H17NO3. The van der Waals surface area contributed by atoms with E-state index in [9.17, 15) is 4.79 Å². The van der Waals surface area contributed by atoms with E-state index in [1.165, 1.54) is 6.26 Å². The Kier molecular flexibility index (Phi) is 4.39. The van der Waals surface area contributed by atoms with Gasteiger partial charge in [0.05, 0.1) is 5.69 Å². The van der Waals surface area contributed by atoms with Crippen LogP contribution >= 0.6 is 0 Å². The summed E-state index contributed by atoms with van der Waals surface area (Å²) >= 11 is 0. The second-order valence-corrected chi connectivity index (χ2v) is 5.84. The fourth-order valence-electron chi connectivity index (χ4n) is 2.75. The van der Waals surface area contributed by atoms with Gasteiger partial charge in [-0.05, 0) is 42.0 Å². The lowest BCUT2D eigenvalue weighted by Crippen LogP contribution is -2.27. The predicted octanol–water partition coefficient (Wildman–Crippen LogP) is 4.78. The van der Waals surface area contributed by atoms with Crippen LogP contribution in [0.5, 0.6) is 11.5 Å². The SMILES string of the molecule is O=C(c1ccc(OCc2ccccc2)cc1)N1C=COc2ccccc21. The first-order valence-electron chi connectivity index (χ1n) is 8.34. The zero-order chi connectivity index (χ0) is 17.8.